The van der Waals surface area contributed by atoms with Crippen molar-refractivity contribution < 1.29 is 44.1 Å². The Bertz CT molecular complexity index is 1250. The van der Waals surface area contributed by atoms with Crippen molar-refractivity contribution in [3.8, 4) is 5.75 Å². The molecule has 2 aromatic rings. The van der Waals surface area contributed by atoms with E-state index in [1.54, 1.807) is 30.3 Å². The summed E-state index contributed by atoms with van der Waals surface area (Å²) in [7, 11) is 0. The van der Waals surface area contributed by atoms with E-state index in [9.17, 15) is 39.0 Å². The van der Waals surface area contributed by atoms with Crippen LogP contribution in [0.25, 0.3) is 0 Å². The number of rotatable bonds is 17. The molecule has 0 aliphatic heterocycles. The van der Waals surface area contributed by atoms with Gasteiger partial charge in [-0.15, -0.1) is 0 Å². The highest BCUT2D eigenvalue weighted by Crippen LogP contribution is 2.13. The molecule has 0 aliphatic carbocycles. The van der Waals surface area contributed by atoms with Gasteiger partial charge in [-0.25, -0.2) is 4.79 Å². The second kappa shape index (κ2) is 16.3. The summed E-state index contributed by atoms with van der Waals surface area (Å²) in [6.07, 6.45) is -1.25. The number of benzene rings is 2. The highest BCUT2D eigenvalue weighted by atomic mass is 16.4. The molecule has 4 unspecified atom stereocenters. The van der Waals surface area contributed by atoms with Gasteiger partial charge in [-0.05, 0) is 36.1 Å². The number of phenols is 1. The van der Waals surface area contributed by atoms with E-state index in [1.807, 2.05) is 0 Å². The van der Waals surface area contributed by atoms with Gasteiger partial charge in [0.1, 0.15) is 23.9 Å². The van der Waals surface area contributed by atoms with Crippen LogP contribution in [-0.4, -0.2) is 75.1 Å². The largest absolute Gasteiger partial charge is 0.508 e. The van der Waals surface area contributed by atoms with Gasteiger partial charge >= 0.3 is 11.9 Å². The summed E-state index contributed by atoms with van der Waals surface area (Å²) in [5.41, 5.74) is 12.1. The molecule has 0 aliphatic rings. The quantitative estimate of drug-likeness (QED) is 0.114. The SMILES string of the molecule is NC(=O)CCC(NC(=O)C(Cc1ccccc1)NC(=O)C(Cc1ccc(O)cc1)NC(=O)C(N)CCC(=O)O)C(=O)O. The molecule has 0 aromatic heterocycles. The number of carboxylic acids is 2. The van der Waals surface area contributed by atoms with Crippen molar-refractivity contribution in [1.82, 2.24) is 16.0 Å². The zero-order valence-corrected chi connectivity index (χ0v) is 22.7. The van der Waals surface area contributed by atoms with Crippen LogP contribution in [-0.2, 0) is 41.6 Å². The fourth-order valence-electron chi connectivity index (χ4n) is 3.91. The highest BCUT2D eigenvalue weighted by Gasteiger charge is 2.31. The summed E-state index contributed by atoms with van der Waals surface area (Å²) < 4.78 is 0. The molecule has 226 valence electrons. The van der Waals surface area contributed by atoms with Crippen LogP contribution in [0.4, 0.5) is 0 Å². The van der Waals surface area contributed by atoms with E-state index in [-0.39, 0.29) is 44.3 Å². The van der Waals surface area contributed by atoms with E-state index in [0.29, 0.717) is 11.1 Å². The number of amides is 4. The first kappa shape index (κ1) is 33.2. The maximum Gasteiger partial charge on any atom is 0.326 e. The topological polar surface area (TPSA) is 251 Å². The van der Waals surface area contributed by atoms with Crippen LogP contribution < -0.4 is 27.4 Å². The Balaban J connectivity index is 2.31. The number of nitrogens with two attached hydrogens (primary N) is 2. The van der Waals surface area contributed by atoms with Crippen molar-refractivity contribution in [1.29, 1.82) is 0 Å². The van der Waals surface area contributed by atoms with Gasteiger partial charge in [0.25, 0.3) is 0 Å². The highest BCUT2D eigenvalue weighted by molar-refractivity contribution is 5.94. The van der Waals surface area contributed by atoms with E-state index in [4.69, 9.17) is 16.6 Å². The van der Waals surface area contributed by atoms with Crippen molar-refractivity contribution in [3.63, 3.8) is 0 Å². The number of aromatic hydroxyl groups is 1. The molecular formula is C28H35N5O9. The Morgan fingerprint density at radius 1 is 0.667 bits per heavy atom. The van der Waals surface area contributed by atoms with Crippen molar-refractivity contribution >= 4 is 35.6 Å². The monoisotopic (exact) mass is 585 g/mol. The number of nitrogens with one attached hydrogen (secondary N) is 3. The predicted octanol–water partition coefficient (Wildman–Crippen LogP) is -0.826. The van der Waals surface area contributed by atoms with Gasteiger partial charge in [-0.1, -0.05) is 42.5 Å². The lowest BCUT2D eigenvalue weighted by molar-refractivity contribution is -0.142. The van der Waals surface area contributed by atoms with Crippen molar-refractivity contribution in [3.05, 3.63) is 65.7 Å². The molecule has 0 spiro atoms. The van der Waals surface area contributed by atoms with Gasteiger partial charge in [0.05, 0.1) is 6.04 Å². The van der Waals surface area contributed by atoms with Crippen LogP contribution in [0.2, 0.25) is 0 Å². The summed E-state index contributed by atoms with van der Waals surface area (Å²) in [4.78, 5) is 73.2. The zero-order chi connectivity index (χ0) is 31.2. The third-order valence-electron chi connectivity index (χ3n) is 6.22. The van der Waals surface area contributed by atoms with Crippen LogP contribution in [0.3, 0.4) is 0 Å². The smallest absolute Gasteiger partial charge is 0.326 e. The number of carbonyl (C=O) groups excluding carboxylic acids is 4. The number of carbonyl (C=O) groups is 6. The van der Waals surface area contributed by atoms with Gasteiger partial charge in [-0.3, -0.25) is 24.0 Å². The van der Waals surface area contributed by atoms with Crippen LogP contribution in [0.1, 0.15) is 36.8 Å². The number of hydrogen-bond donors (Lipinski definition) is 8. The number of phenolic OH excluding ortho intramolecular Hbond substituents is 1. The summed E-state index contributed by atoms with van der Waals surface area (Å²) in [5, 5.41) is 35.4. The van der Waals surface area contributed by atoms with Crippen LogP contribution >= 0.6 is 0 Å². The van der Waals surface area contributed by atoms with Gasteiger partial charge in [0.2, 0.25) is 23.6 Å². The van der Waals surface area contributed by atoms with Gasteiger partial charge in [0.15, 0.2) is 0 Å². The first-order chi connectivity index (χ1) is 19.8. The Kier molecular flexibility index (Phi) is 12.9. The average Bonchev–Trinajstić information content (AvgIpc) is 2.94. The van der Waals surface area contributed by atoms with Crippen LogP contribution in [0, 0.1) is 0 Å². The van der Waals surface area contributed by atoms with E-state index < -0.39 is 59.7 Å². The number of primary amides is 1. The molecular weight excluding hydrogens is 550 g/mol. The third-order valence-corrected chi connectivity index (χ3v) is 6.22. The summed E-state index contributed by atoms with van der Waals surface area (Å²) >= 11 is 0. The molecule has 2 aromatic carbocycles. The fourth-order valence-corrected chi connectivity index (χ4v) is 3.91. The van der Waals surface area contributed by atoms with E-state index in [2.05, 4.69) is 16.0 Å². The second-order valence-corrected chi connectivity index (χ2v) is 9.63. The minimum Gasteiger partial charge on any atom is -0.508 e. The lowest BCUT2D eigenvalue weighted by atomic mass is 10.0. The predicted molar refractivity (Wildman–Crippen MR) is 149 cm³/mol. The fraction of sp³-hybridized carbons (Fsp3) is 0.357. The summed E-state index contributed by atoms with van der Waals surface area (Å²) in [6, 6.07) is 9.12. The molecule has 0 saturated carbocycles. The number of hydrogen-bond acceptors (Lipinski definition) is 8. The Labute approximate surface area is 241 Å². The molecule has 4 amide bonds. The molecule has 4 atom stereocenters. The van der Waals surface area contributed by atoms with Crippen molar-refractivity contribution in [2.24, 2.45) is 11.5 Å². The Morgan fingerprint density at radius 3 is 1.67 bits per heavy atom. The normalized spacial score (nSPS) is 13.5. The standard InChI is InChI=1S/C28H35N5O9/c29-19(10-13-24(36)37)25(38)32-21(15-17-6-8-18(34)9-7-17)27(40)33-22(14-16-4-2-1-3-5-16)26(39)31-20(28(41)42)11-12-23(30)35/h1-9,19-22,34H,10-15,29H2,(H2,30,35)(H,31,39)(H,32,38)(H,33,40)(H,36,37)(H,41,42). The Hall–Kier alpha value is -4.98. The zero-order valence-electron chi connectivity index (χ0n) is 22.7. The van der Waals surface area contributed by atoms with E-state index in [1.165, 1.54) is 24.3 Å². The molecule has 10 N–H and O–H groups in total. The van der Waals surface area contributed by atoms with E-state index in [0.717, 1.165) is 0 Å². The lowest BCUT2D eigenvalue weighted by Crippen LogP contribution is -2.58. The molecule has 42 heavy (non-hydrogen) atoms. The van der Waals surface area contributed by atoms with Gasteiger partial charge < -0.3 is 42.7 Å². The maximum absolute atomic E-state index is 13.5. The average molecular weight is 586 g/mol. The van der Waals surface area contributed by atoms with Gasteiger partial charge in [-0.2, -0.15) is 0 Å². The van der Waals surface area contributed by atoms with Crippen LogP contribution in [0.15, 0.2) is 54.6 Å². The maximum atomic E-state index is 13.5. The molecule has 2 rings (SSSR count). The first-order valence-corrected chi connectivity index (χ1v) is 13.1. The summed E-state index contributed by atoms with van der Waals surface area (Å²) in [5.74, 6) is -5.78. The molecule has 0 heterocycles. The minimum atomic E-state index is -1.46. The van der Waals surface area contributed by atoms with E-state index >= 15 is 0 Å². The van der Waals surface area contributed by atoms with Crippen LogP contribution in [0.5, 0.6) is 5.75 Å². The van der Waals surface area contributed by atoms with Crippen molar-refractivity contribution in [2.75, 3.05) is 0 Å². The minimum absolute atomic E-state index is 0.0246. The number of aliphatic carboxylic acids is 2. The van der Waals surface area contributed by atoms with Gasteiger partial charge in [0, 0.05) is 25.7 Å². The molecule has 0 bridgehead atoms. The number of carboxylic acid groups (broad SMARTS) is 2. The lowest BCUT2D eigenvalue weighted by Gasteiger charge is -2.25. The Morgan fingerprint density at radius 2 is 1.17 bits per heavy atom. The third kappa shape index (κ3) is 11.6. The summed E-state index contributed by atoms with van der Waals surface area (Å²) in [6.45, 7) is 0. The molecule has 14 nitrogen and oxygen atoms in total. The molecule has 0 saturated heterocycles. The second-order valence-electron chi connectivity index (χ2n) is 9.63. The first-order valence-electron chi connectivity index (χ1n) is 13.1. The molecule has 14 heteroatoms. The molecule has 0 fully saturated rings. The van der Waals surface area contributed by atoms with Crippen molar-refractivity contribution in [2.45, 2.75) is 62.7 Å². The molecule has 0 radical (unpaired) electrons.